The lowest BCUT2D eigenvalue weighted by molar-refractivity contribution is 0.0634. The van der Waals surface area contributed by atoms with E-state index in [0.29, 0.717) is 11.3 Å². The Balaban J connectivity index is 2.01. The molecule has 1 heterocycles. The van der Waals surface area contributed by atoms with Crippen molar-refractivity contribution in [3.63, 3.8) is 0 Å². The number of hydrogen-bond donors (Lipinski definition) is 0. The molecule has 0 radical (unpaired) electrons. The van der Waals surface area contributed by atoms with Gasteiger partial charge in [0.05, 0.1) is 12.7 Å². The highest BCUT2D eigenvalue weighted by Gasteiger charge is 2.23. The lowest BCUT2D eigenvalue weighted by Crippen LogP contribution is -2.48. The van der Waals surface area contributed by atoms with Crippen LogP contribution in [0.15, 0.2) is 24.3 Å². The van der Waals surface area contributed by atoms with E-state index in [1.54, 1.807) is 7.11 Å². The molecular weight excluding hydrogens is 240 g/mol. The molecule has 1 fully saturated rings. The fourth-order valence-electron chi connectivity index (χ4n) is 2.48. The highest BCUT2D eigenvalue weighted by Crippen LogP contribution is 2.20. The van der Waals surface area contributed by atoms with E-state index in [0.717, 1.165) is 32.7 Å². The van der Waals surface area contributed by atoms with Gasteiger partial charge in [-0.05, 0) is 25.1 Å². The fraction of sp³-hybridized carbons (Fsp3) is 0.533. The number of para-hydroxylation sites is 1. The molecule has 0 spiro atoms. The van der Waals surface area contributed by atoms with Gasteiger partial charge in [0.2, 0.25) is 0 Å². The van der Waals surface area contributed by atoms with Crippen molar-refractivity contribution in [2.75, 3.05) is 39.8 Å². The third-order valence-electron chi connectivity index (χ3n) is 3.54. The zero-order chi connectivity index (χ0) is 13.7. The van der Waals surface area contributed by atoms with Crippen LogP contribution >= 0.6 is 0 Å². The van der Waals surface area contributed by atoms with Crippen molar-refractivity contribution in [3.05, 3.63) is 29.8 Å². The molecule has 4 heteroatoms. The van der Waals surface area contributed by atoms with Crippen molar-refractivity contribution in [3.8, 4) is 5.75 Å². The van der Waals surface area contributed by atoms with Crippen molar-refractivity contribution in [1.82, 2.24) is 9.80 Å². The second-order valence-electron chi connectivity index (χ2n) is 4.83. The van der Waals surface area contributed by atoms with Crippen LogP contribution in [0, 0.1) is 0 Å². The summed E-state index contributed by atoms with van der Waals surface area (Å²) in [5.41, 5.74) is 0.661. The SMILES string of the molecule is CCCN1CCN(C(=O)c2ccccc2OC)CC1. The van der Waals surface area contributed by atoms with Crippen LogP contribution in [0.4, 0.5) is 0 Å². The van der Waals surface area contributed by atoms with E-state index in [-0.39, 0.29) is 5.91 Å². The van der Waals surface area contributed by atoms with Gasteiger partial charge in [0.15, 0.2) is 0 Å². The minimum Gasteiger partial charge on any atom is -0.496 e. The molecule has 0 aromatic heterocycles. The molecule has 1 aromatic rings. The fourth-order valence-corrected chi connectivity index (χ4v) is 2.48. The summed E-state index contributed by atoms with van der Waals surface area (Å²) in [5, 5.41) is 0. The maximum absolute atomic E-state index is 12.5. The molecule has 0 aliphatic carbocycles. The Morgan fingerprint density at radius 2 is 1.89 bits per heavy atom. The lowest BCUT2D eigenvalue weighted by Gasteiger charge is -2.34. The molecule has 0 atom stereocenters. The standard InChI is InChI=1S/C15H22N2O2/c1-3-8-16-9-11-17(12-10-16)15(18)13-6-4-5-7-14(13)19-2/h4-7H,3,8-12H2,1-2H3. The Hall–Kier alpha value is -1.55. The zero-order valence-electron chi connectivity index (χ0n) is 11.8. The average molecular weight is 262 g/mol. The van der Waals surface area contributed by atoms with Gasteiger partial charge in [-0.15, -0.1) is 0 Å². The third kappa shape index (κ3) is 3.26. The predicted octanol–water partition coefficient (Wildman–Crippen LogP) is 1.86. The predicted molar refractivity (Wildman–Crippen MR) is 75.6 cm³/mol. The second-order valence-corrected chi connectivity index (χ2v) is 4.83. The first-order valence-electron chi connectivity index (χ1n) is 6.91. The largest absolute Gasteiger partial charge is 0.496 e. The molecule has 0 N–H and O–H groups in total. The number of nitrogens with zero attached hydrogens (tertiary/aromatic N) is 2. The number of rotatable bonds is 4. The van der Waals surface area contributed by atoms with Crippen molar-refractivity contribution in [2.45, 2.75) is 13.3 Å². The molecule has 1 amide bonds. The number of benzene rings is 1. The lowest BCUT2D eigenvalue weighted by atomic mass is 10.1. The van der Waals surface area contributed by atoms with Gasteiger partial charge in [-0.3, -0.25) is 9.69 Å². The van der Waals surface area contributed by atoms with Gasteiger partial charge in [0.1, 0.15) is 5.75 Å². The van der Waals surface area contributed by atoms with Gasteiger partial charge in [-0.1, -0.05) is 19.1 Å². The van der Waals surface area contributed by atoms with E-state index in [1.165, 1.54) is 6.42 Å². The summed E-state index contributed by atoms with van der Waals surface area (Å²) in [4.78, 5) is 16.8. The van der Waals surface area contributed by atoms with Crippen LogP contribution < -0.4 is 4.74 Å². The van der Waals surface area contributed by atoms with Gasteiger partial charge in [-0.25, -0.2) is 0 Å². The third-order valence-corrected chi connectivity index (χ3v) is 3.54. The highest BCUT2D eigenvalue weighted by atomic mass is 16.5. The summed E-state index contributed by atoms with van der Waals surface area (Å²) in [7, 11) is 1.60. The Morgan fingerprint density at radius 1 is 1.21 bits per heavy atom. The van der Waals surface area contributed by atoms with Crippen LogP contribution in [0.2, 0.25) is 0 Å². The van der Waals surface area contributed by atoms with Crippen LogP contribution in [-0.2, 0) is 0 Å². The topological polar surface area (TPSA) is 32.8 Å². The van der Waals surface area contributed by atoms with Crippen LogP contribution in [0.3, 0.4) is 0 Å². The highest BCUT2D eigenvalue weighted by molar-refractivity contribution is 5.97. The average Bonchev–Trinajstić information content (AvgIpc) is 2.47. The van der Waals surface area contributed by atoms with Gasteiger partial charge < -0.3 is 9.64 Å². The van der Waals surface area contributed by atoms with Crippen LogP contribution in [0.1, 0.15) is 23.7 Å². The van der Waals surface area contributed by atoms with E-state index in [9.17, 15) is 4.79 Å². The molecule has 0 saturated carbocycles. The number of methoxy groups -OCH3 is 1. The molecule has 0 unspecified atom stereocenters. The Kier molecular flexibility index (Phi) is 4.80. The number of piperazine rings is 1. The first kappa shape index (κ1) is 13.9. The maximum Gasteiger partial charge on any atom is 0.257 e. The summed E-state index contributed by atoms with van der Waals surface area (Å²) >= 11 is 0. The number of amides is 1. The maximum atomic E-state index is 12.5. The van der Waals surface area contributed by atoms with Gasteiger partial charge >= 0.3 is 0 Å². The number of ether oxygens (including phenoxy) is 1. The molecule has 4 nitrogen and oxygen atoms in total. The Bertz CT molecular complexity index is 426. The van der Waals surface area contributed by atoms with Gasteiger partial charge in [-0.2, -0.15) is 0 Å². The Morgan fingerprint density at radius 3 is 2.53 bits per heavy atom. The molecular formula is C15H22N2O2. The molecule has 0 bridgehead atoms. The summed E-state index contributed by atoms with van der Waals surface area (Å²) in [6, 6.07) is 7.43. The Labute approximate surface area is 115 Å². The molecule has 1 saturated heterocycles. The van der Waals surface area contributed by atoms with Gasteiger partial charge in [0.25, 0.3) is 5.91 Å². The van der Waals surface area contributed by atoms with Crippen LogP contribution in [0.25, 0.3) is 0 Å². The smallest absolute Gasteiger partial charge is 0.257 e. The van der Waals surface area contributed by atoms with Crippen molar-refractivity contribution in [2.24, 2.45) is 0 Å². The first-order valence-corrected chi connectivity index (χ1v) is 6.91. The monoisotopic (exact) mass is 262 g/mol. The van der Waals surface area contributed by atoms with Gasteiger partial charge in [0, 0.05) is 26.2 Å². The second kappa shape index (κ2) is 6.57. The number of carbonyl (C=O) groups excluding carboxylic acids is 1. The molecule has 104 valence electrons. The van der Waals surface area contributed by atoms with Crippen molar-refractivity contribution in [1.29, 1.82) is 0 Å². The molecule has 1 aromatic carbocycles. The van der Waals surface area contributed by atoms with E-state index in [4.69, 9.17) is 4.74 Å². The molecule has 1 aliphatic heterocycles. The van der Waals surface area contributed by atoms with E-state index in [1.807, 2.05) is 29.2 Å². The van der Waals surface area contributed by atoms with Crippen molar-refractivity contribution < 1.29 is 9.53 Å². The van der Waals surface area contributed by atoms with E-state index < -0.39 is 0 Å². The molecule has 1 aliphatic rings. The summed E-state index contributed by atoms with van der Waals surface area (Å²) in [6.07, 6.45) is 1.17. The quantitative estimate of drug-likeness (QED) is 0.830. The summed E-state index contributed by atoms with van der Waals surface area (Å²) < 4.78 is 5.26. The molecule has 19 heavy (non-hydrogen) atoms. The van der Waals surface area contributed by atoms with E-state index in [2.05, 4.69) is 11.8 Å². The van der Waals surface area contributed by atoms with E-state index >= 15 is 0 Å². The summed E-state index contributed by atoms with van der Waals surface area (Å²) in [6.45, 7) is 6.85. The number of hydrogen-bond acceptors (Lipinski definition) is 3. The van der Waals surface area contributed by atoms with Crippen LogP contribution in [0.5, 0.6) is 5.75 Å². The minimum absolute atomic E-state index is 0.0774. The zero-order valence-corrected chi connectivity index (χ0v) is 11.8. The normalized spacial score (nSPS) is 16.4. The van der Waals surface area contributed by atoms with Crippen LogP contribution in [-0.4, -0.2) is 55.5 Å². The number of carbonyl (C=O) groups is 1. The minimum atomic E-state index is 0.0774. The summed E-state index contributed by atoms with van der Waals surface area (Å²) in [5.74, 6) is 0.733. The first-order chi connectivity index (χ1) is 9.26. The molecule has 2 rings (SSSR count). The van der Waals surface area contributed by atoms with Crippen molar-refractivity contribution >= 4 is 5.91 Å².